The van der Waals surface area contributed by atoms with Gasteiger partial charge >= 0.3 is 0 Å². The highest BCUT2D eigenvalue weighted by atomic mass is 32.2. The molecule has 0 aliphatic rings. The second kappa shape index (κ2) is 6.06. The molecule has 1 aromatic carbocycles. The Bertz CT molecular complexity index is 1260. The lowest BCUT2D eigenvalue weighted by Crippen LogP contribution is -2.13. The Kier molecular flexibility index (Phi) is 3.81. The molecular formula is C16H13FN6O3S. The fourth-order valence-electron chi connectivity index (χ4n) is 2.65. The SMILES string of the molecule is Cc1oncc1S(=O)(=O)Nc1ccc(-c2cnc3ccnn3c2N)c(F)c1. The summed E-state index contributed by atoms with van der Waals surface area (Å²) in [5, 5.41) is 7.47. The van der Waals surface area contributed by atoms with Gasteiger partial charge in [-0.05, 0) is 25.1 Å². The summed E-state index contributed by atoms with van der Waals surface area (Å²) in [6.07, 6.45) is 4.05. The van der Waals surface area contributed by atoms with Crippen molar-refractivity contribution in [3.8, 4) is 11.1 Å². The number of sulfonamides is 1. The standard InChI is InChI=1S/C16H13FN6O3S/c1-9-14(8-21-26-9)27(24,25)22-10-2-3-11(13(17)6-10)12-7-19-15-4-5-20-23(15)16(12)18/h2-8,22H,18H2,1H3. The van der Waals surface area contributed by atoms with Crippen molar-refractivity contribution in [2.24, 2.45) is 0 Å². The molecule has 4 aromatic rings. The fourth-order valence-corrected chi connectivity index (χ4v) is 3.80. The molecular weight excluding hydrogens is 375 g/mol. The van der Waals surface area contributed by atoms with Gasteiger partial charge in [-0.1, -0.05) is 5.16 Å². The van der Waals surface area contributed by atoms with Gasteiger partial charge in [0.15, 0.2) is 11.4 Å². The van der Waals surface area contributed by atoms with Crippen molar-refractivity contribution in [3.05, 3.63) is 54.4 Å². The average molecular weight is 388 g/mol. The Balaban J connectivity index is 1.70. The van der Waals surface area contributed by atoms with E-state index in [-0.39, 0.29) is 27.7 Å². The van der Waals surface area contributed by atoms with E-state index in [0.29, 0.717) is 11.2 Å². The van der Waals surface area contributed by atoms with Crippen LogP contribution in [0.1, 0.15) is 5.76 Å². The topological polar surface area (TPSA) is 128 Å². The van der Waals surface area contributed by atoms with Gasteiger partial charge in [0.05, 0.1) is 18.1 Å². The van der Waals surface area contributed by atoms with Crippen LogP contribution in [-0.4, -0.2) is 28.2 Å². The zero-order valence-electron chi connectivity index (χ0n) is 13.9. The van der Waals surface area contributed by atoms with Gasteiger partial charge in [0, 0.05) is 23.4 Å². The number of aromatic nitrogens is 4. The summed E-state index contributed by atoms with van der Waals surface area (Å²) in [4.78, 5) is 4.05. The molecule has 9 nitrogen and oxygen atoms in total. The second-order valence-electron chi connectivity index (χ2n) is 5.70. The van der Waals surface area contributed by atoms with E-state index >= 15 is 0 Å². The van der Waals surface area contributed by atoms with Crippen LogP contribution in [0, 0.1) is 12.7 Å². The highest BCUT2D eigenvalue weighted by Gasteiger charge is 2.21. The lowest BCUT2D eigenvalue weighted by Gasteiger charge is -2.11. The zero-order valence-corrected chi connectivity index (χ0v) is 14.7. The minimum absolute atomic E-state index is 0.0450. The predicted octanol–water partition coefficient (Wildman–Crippen LogP) is 2.21. The van der Waals surface area contributed by atoms with Crippen LogP contribution < -0.4 is 10.5 Å². The first-order chi connectivity index (χ1) is 12.9. The van der Waals surface area contributed by atoms with Crippen LogP contribution in [0.2, 0.25) is 0 Å². The summed E-state index contributed by atoms with van der Waals surface area (Å²) >= 11 is 0. The second-order valence-corrected chi connectivity index (χ2v) is 7.36. The summed E-state index contributed by atoms with van der Waals surface area (Å²) < 4.78 is 47.8. The Morgan fingerprint density at radius 2 is 2.04 bits per heavy atom. The lowest BCUT2D eigenvalue weighted by atomic mass is 10.1. The number of rotatable bonds is 4. The minimum Gasteiger partial charge on any atom is -0.383 e. The molecule has 0 atom stereocenters. The van der Waals surface area contributed by atoms with E-state index in [0.717, 1.165) is 12.3 Å². The molecule has 0 unspecified atom stereocenters. The van der Waals surface area contributed by atoms with Gasteiger partial charge < -0.3 is 10.3 Å². The van der Waals surface area contributed by atoms with E-state index in [1.165, 1.54) is 36.0 Å². The lowest BCUT2D eigenvalue weighted by molar-refractivity contribution is 0.394. The smallest absolute Gasteiger partial charge is 0.267 e. The number of anilines is 2. The number of nitrogens with zero attached hydrogens (tertiary/aromatic N) is 4. The largest absolute Gasteiger partial charge is 0.383 e. The number of nitrogens with two attached hydrogens (primary N) is 1. The average Bonchev–Trinajstić information content (AvgIpc) is 3.25. The molecule has 0 radical (unpaired) electrons. The Morgan fingerprint density at radius 1 is 1.22 bits per heavy atom. The number of nitrogens with one attached hydrogen (secondary N) is 1. The van der Waals surface area contributed by atoms with Gasteiger partial charge in [0.25, 0.3) is 10.0 Å². The van der Waals surface area contributed by atoms with Crippen LogP contribution in [0.3, 0.4) is 0 Å². The molecule has 0 fully saturated rings. The van der Waals surface area contributed by atoms with Crippen LogP contribution in [0.5, 0.6) is 0 Å². The van der Waals surface area contributed by atoms with Crippen LogP contribution >= 0.6 is 0 Å². The molecule has 3 aromatic heterocycles. The van der Waals surface area contributed by atoms with Crippen molar-refractivity contribution in [2.75, 3.05) is 10.5 Å². The van der Waals surface area contributed by atoms with Crippen molar-refractivity contribution >= 4 is 27.2 Å². The van der Waals surface area contributed by atoms with Gasteiger partial charge in [-0.15, -0.1) is 0 Å². The first kappa shape index (κ1) is 17.0. The summed E-state index contributed by atoms with van der Waals surface area (Å²) in [5.41, 5.74) is 7.14. The summed E-state index contributed by atoms with van der Waals surface area (Å²) in [6.45, 7) is 1.46. The molecule has 0 spiro atoms. The Labute approximate surface area is 152 Å². The van der Waals surface area contributed by atoms with E-state index in [1.54, 1.807) is 6.07 Å². The Morgan fingerprint density at radius 3 is 2.74 bits per heavy atom. The molecule has 0 bridgehead atoms. The third-order valence-corrected chi connectivity index (χ3v) is 5.44. The monoisotopic (exact) mass is 388 g/mol. The maximum Gasteiger partial charge on any atom is 0.267 e. The molecule has 3 N–H and O–H groups in total. The molecule has 0 amide bonds. The van der Waals surface area contributed by atoms with Gasteiger partial charge in [-0.3, -0.25) is 4.72 Å². The quantitative estimate of drug-likeness (QED) is 0.548. The molecule has 0 aliphatic heterocycles. The fraction of sp³-hybridized carbons (Fsp3) is 0.0625. The molecule has 27 heavy (non-hydrogen) atoms. The summed E-state index contributed by atoms with van der Waals surface area (Å²) in [7, 11) is -3.95. The first-order valence-corrected chi connectivity index (χ1v) is 9.17. The van der Waals surface area contributed by atoms with Gasteiger partial charge in [-0.25, -0.2) is 17.8 Å². The summed E-state index contributed by atoms with van der Waals surface area (Å²) in [6, 6.07) is 5.56. The maximum absolute atomic E-state index is 14.7. The summed E-state index contributed by atoms with van der Waals surface area (Å²) in [5.74, 6) is -0.319. The molecule has 11 heteroatoms. The van der Waals surface area contributed by atoms with Crippen LogP contribution in [0.4, 0.5) is 15.9 Å². The molecule has 3 heterocycles. The molecule has 0 saturated carbocycles. The number of halogens is 1. The number of aryl methyl sites for hydroxylation is 1. The van der Waals surface area contributed by atoms with Gasteiger partial charge in [0.1, 0.15) is 16.5 Å². The highest BCUT2D eigenvalue weighted by Crippen LogP contribution is 2.30. The number of hydrogen-bond acceptors (Lipinski definition) is 7. The van der Waals surface area contributed by atoms with Gasteiger partial charge in [-0.2, -0.15) is 9.61 Å². The van der Waals surface area contributed by atoms with Crippen LogP contribution in [-0.2, 0) is 10.0 Å². The molecule has 138 valence electrons. The first-order valence-electron chi connectivity index (χ1n) is 7.69. The van der Waals surface area contributed by atoms with E-state index in [9.17, 15) is 12.8 Å². The molecule has 0 aliphatic carbocycles. The van der Waals surface area contributed by atoms with E-state index in [1.807, 2.05) is 0 Å². The van der Waals surface area contributed by atoms with Crippen molar-refractivity contribution in [1.82, 2.24) is 19.8 Å². The highest BCUT2D eigenvalue weighted by molar-refractivity contribution is 7.92. The number of hydrogen-bond donors (Lipinski definition) is 2. The van der Waals surface area contributed by atoms with Gasteiger partial charge in [0.2, 0.25) is 0 Å². The number of benzene rings is 1. The third kappa shape index (κ3) is 2.87. The third-order valence-electron chi connectivity index (χ3n) is 3.96. The minimum atomic E-state index is -3.95. The van der Waals surface area contributed by atoms with Crippen molar-refractivity contribution in [3.63, 3.8) is 0 Å². The van der Waals surface area contributed by atoms with Crippen LogP contribution in [0.25, 0.3) is 16.8 Å². The molecule has 4 rings (SSSR count). The van der Waals surface area contributed by atoms with E-state index in [4.69, 9.17) is 10.3 Å². The van der Waals surface area contributed by atoms with Crippen molar-refractivity contribution in [1.29, 1.82) is 0 Å². The number of nitrogen functional groups attached to an aromatic ring is 1. The van der Waals surface area contributed by atoms with E-state index < -0.39 is 15.8 Å². The van der Waals surface area contributed by atoms with Crippen LogP contribution in [0.15, 0.2) is 52.3 Å². The zero-order chi connectivity index (χ0) is 19.2. The van der Waals surface area contributed by atoms with Crippen molar-refractivity contribution in [2.45, 2.75) is 11.8 Å². The Hall–Kier alpha value is -3.47. The molecule has 0 saturated heterocycles. The predicted molar refractivity (Wildman–Crippen MR) is 94.8 cm³/mol. The normalized spacial score (nSPS) is 11.8. The van der Waals surface area contributed by atoms with E-state index in [2.05, 4.69) is 20.0 Å². The maximum atomic E-state index is 14.7. The van der Waals surface area contributed by atoms with Crippen molar-refractivity contribution < 1.29 is 17.3 Å². The number of fused-ring (bicyclic) bond motifs is 1.